The highest BCUT2D eigenvalue weighted by molar-refractivity contribution is 5.88. The fraction of sp³-hybridized carbons (Fsp3) is 0.0625. The molecular weight excluding hydrogens is 266 g/mol. The molecule has 0 fully saturated rings. The monoisotopic (exact) mass is 279 g/mol. The van der Waals surface area contributed by atoms with Gasteiger partial charge in [-0.2, -0.15) is 0 Å². The van der Waals surface area contributed by atoms with E-state index in [1.54, 1.807) is 24.4 Å². The second kappa shape index (κ2) is 5.58. The van der Waals surface area contributed by atoms with Crippen LogP contribution < -0.4 is 5.32 Å². The molecule has 0 unspecified atom stereocenters. The largest absolute Gasteiger partial charge is 0.478 e. The number of fused-ring (bicyclic) bond motifs is 1. The van der Waals surface area contributed by atoms with Gasteiger partial charge < -0.3 is 10.4 Å². The van der Waals surface area contributed by atoms with Gasteiger partial charge in [0.05, 0.1) is 35.0 Å². The lowest BCUT2D eigenvalue weighted by molar-refractivity contribution is 0.0697. The van der Waals surface area contributed by atoms with E-state index in [0.29, 0.717) is 6.54 Å². The number of aromatic nitrogens is 2. The molecule has 0 aliphatic rings. The van der Waals surface area contributed by atoms with Crippen LogP contribution in [0.1, 0.15) is 16.1 Å². The van der Waals surface area contributed by atoms with E-state index in [1.807, 2.05) is 30.3 Å². The van der Waals surface area contributed by atoms with Crippen molar-refractivity contribution in [2.24, 2.45) is 0 Å². The van der Waals surface area contributed by atoms with Gasteiger partial charge >= 0.3 is 5.97 Å². The second-order valence-corrected chi connectivity index (χ2v) is 4.59. The summed E-state index contributed by atoms with van der Waals surface area (Å²) >= 11 is 0. The number of carboxylic acid groups (broad SMARTS) is 1. The lowest BCUT2D eigenvalue weighted by Gasteiger charge is -2.07. The lowest BCUT2D eigenvalue weighted by Crippen LogP contribution is -2.04. The number of hydrogen-bond acceptors (Lipinski definition) is 4. The van der Waals surface area contributed by atoms with Crippen molar-refractivity contribution in [3.8, 4) is 0 Å². The average Bonchev–Trinajstić information content (AvgIpc) is 2.53. The Labute approximate surface area is 121 Å². The molecule has 1 heterocycles. The maximum atomic E-state index is 10.9. The molecule has 5 nitrogen and oxygen atoms in total. The predicted molar refractivity (Wildman–Crippen MR) is 80.3 cm³/mol. The number of hydrogen-bond donors (Lipinski definition) is 2. The first-order chi connectivity index (χ1) is 10.2. The van der Waals surface area contributed by atoms with Gasteiger partial charge in [0.1, 0.15) is 0 Å². The minimum absolute atomic E-state index is 0.254. The van der Waals surface area contributed by atoms with Gasteiger partial charge in [-0.05, 0) is 30.3 Å². The van der Waals surface area contributed by atoms with E-state index < -0.39 is 5.97 Å². The molecule has 2 aromatic carbocycles. The van der Waals surface area contributed by atoms with Crippen molar-refractivity contribution in [2.45, 2.75) is 6.54 Å². The topological polar surface area (TPSA) is 75.1 Å². The van der Waals surface area contributed by atoms with E-state index in [-0.39, 0.29) is 5.56 Å². The molecule has 0 radical (unpaired) electrons. The standard InChI is InChI=1S/C16H13N3O2/c20-16(21)11-4-3-5-12(8-11)17-9-13-10-18-14-6-1-2-7-15(14)19-13/h1-8,10,17H,9H2,(H,20,21). The van der Waals surface area contributed by atoms with Crippen molar-refractivity contribution in [2.75, 3.05) is 5.32 Å². The highest BCUT2D eigenvalue weighted by Gasteiger charge is 2.04. The Kier molecular flexibility index (Phi) is 3.47. The van der Waals surface area contributed by atoms with Crippen LogP contribution in [0.5, 0.6) is 0 Å². The van der Waals surface area contributed by atoms with Gasteiger partial charge in [-0.15, -0.1) is 0 Å². The van der Waals surface area contributed by atoms with E-state index in [4.69, 9.17) is 5.11 Å². The third kappa shape index (κ3) is 2.97. The summed E-state index contributed by atoms with van der Waals surface area (Å²) in [5.74, 6) is -0.941. The SMILES string of the molecule is O=C(O)c1cccc(NCc2cnc3ccccc3n2)c1. The minimum atomic E-state index is -0.941. The zero-order valence-corrected chi connectivity index (χ0v) is 11.2. The number of benzene rings is 2. The molecule has 0 bridgehead atoms. The summed E-state index contributed by atoms with van der Waals surface area (Å²) in [5, 5.41) is 12.1. The van der Waals surface area contributed by atoms with Gasteiger partial charge in [0.25, 0.3) is 0 Å². The van der Waals surface area contributed by atoms with Gasteiger partial charge in [-0.1, -0.05) is 18.2 Å². The van der Waals surface area contributed by atoms with Crippen LogP contribution in [0.4, 0.5) is 5.69 Å². The normalized spacial score (nSPS) is 10.5. The zero-order valence-electron chi connectivity index (χ0n) is 11.2. The summed E-state index contributed by atoms with van der Waals surface area (Å²) in [6.07, 6.45) is 1.72. The van der Waals surface area contributed by atoms with E-state index in [9.17, 15) is 4.79 Å². The van der Waals surface area contributed by atoms with Crippen molar-refractivity contribution >= 4 is 22.7 Å². The summed E-state index contributed by atoms with van der Waals surface area (Å²) in [4.78, 5) is 19.8. The fourth-order valence-electron chi connectivity index (χ4n) is 2.04. The first-order valence-electron chi connectivity index (χ1n) is 6.50. The maximum Gasteiger partial charge on any atom is 0.335 e. The molecule has 5 heteroatoms. The molecule has 0 atom stereocenters. The Morgan fingerprint density at radius 1 is 1.10 bits per heavy atom. The molecule has 0 spiro atoms. The Hall–Kier alpha value is -2.95. The number of carboxylic acids is 1. The molecule has 2 N–H and O–H groups in total. The van der Waals surface area contributed by atoms with Crippen LogP contribution in [0.2, 0.25) is 0 Å². The summed E-state index contributed by atoms with van der Waals surface area (Å²) in [5.41, 5.74) is 3.49. The van der Waals surface area contributed by atoms with Crippen molar-refractivity contribution in [3.63, 3.8) is 0 Å². The van der Waals surface area contributed by atoms with Gasteiger partial charge in [0.15, 0.2) is 0 Å². The minimum Gasteiger partial charge on any atom is -0.478 e. The number of nitrogens with zero attached hydrogens (tertiary/aromatic N) is 2. The maximum absolute atomic E-state index is 10.9. The molecule has 0 aliphatic carbocycles. The summed E-state index contributed by atoms with van der Waals surface area (Å²) < 4.78 is 0. The molecule has 0 saturated heterocycles. The Morgan fingerprint density at radius 3 is 2.71 bits per heavy atom. The number of anilines is 1. The highest BCUT2D eigenvalue weighted by atomic mass is 16.4. The van der Waals surface area contributed by atoms with Crippen molar-refractivity contribution in [3.05, 3.63) is 66.0 Å². The summed E-state index contributed by atoms with van der Waals surface area (Å²) in [7, 11) is 0. The van der Waals surface area contributed by atoms with Crippen LogP contribution in [-0.2, 0) is 6.54 Å². The van der Waals surface area contributed by atoms with Gasteiger partial charge in [0.2, 0.25) is 0 Å². The number of nitrogens with one attached hydrogen (secondary N) is 1. The Balaban J connectivity index is 1.77. The molecule has 3 rings (SSSR count). The molecule has 0 aliphatic heterocycles. The van der Waals surface area contributed by atoms with Gasteiger partial charge in [0, 0.05) is 5.69 Å². The van der Waals surface area contributed by atoms with Crippen LogP contribution in [0, 0.1) is 0 Å². The molecule has 21 heavy (non-hydrogen) atoms. The molecule has 3 aromatic rings. The average molecular weight is 279 g/mol. The first kappa shape index (κ1) is 13.1. The van der Waals surface area contributed by atoms with Crippen LogP contribution in [0.15, 0.2) is 54.7 Å². The van der Waals surface area contributed by atoms with Crippen LogP contribution in [0.25, 0.3) is 11.0 Å². The number of para-hydroxylation sites is 2. The smallest absolute Gasteiger partial charge is 0.335 e. The lowest BCUT2D eigenvalue weighted by atomic mass is 10.2. The van der Waals surface area contributed by atoms with Crippen LogP contribution >= 0.6 is 0 Å². The van der Waals surface area contributed by atoms with Crippen LogP contribution in [-0.4, -0.2) is 21.0 Å². The number of rotatable bonds is 4. The Morgan fingerprint density at radius 2 is 1.90 bits per heavy atom. The van der Waals surface area contributed by atoms with E-state index in [1.165, 1.54) is 0 Å². The first-order valence-corrected chi connectivity index (χ1v) is 6.50. The van der Waals surface area contributed by atoms with Crippen LogP contribution in [0.3, 0.4) is 0 Å². The molecule has 104 valence electrons. The van der Waals surface area contributed by atoms with Gasteiger partial charge in [-0.3, -0.25) is 4.98 Å². The summed E-state index contributed by atoms with van der Waals surface area (Å²) in [6.45, 7) is 0.487. The summed E-state index contributed by atoms with van der Waals surface area (Å²) in [6, 6.07) is 14.3. The number of aromatic carboxylic acids is 1. The molecule has 0 saturated carbocycles. The van der Waals surface area contributed by atoms with Crippen molar-refractivity contribution < 1.29 is 9.90 Å². The fourth-order valence-corrected chi connectivity index (χ4v) is 2.04. The second-order valence-electron chi connectivity index (χ2n) is 4.59. The molecule has 0 amide bonds. The number of carbonyl (C=O) groups is 1. The third-order valence-electron chi connectivity index (χ3n) is 3.08. The Bertz CT molecular complexity index is 802. The zero-order chi connectivity index (χ0) is 14.7. The van der Waals surface area contributed by atoms with E-state index in [2.05, 4.69) is 15.3 Å². The van der Waals surface area contributed by atoms with Gasteiger partial charge in [-0.25, -0.2) is 9.78 Å². The predicted octanol–water partition coefficient (Wildman–Crippen LogP) is 2.94. The molecule has 1 aromatic heterocycles. The molecular formula is C16H13N3O2. The quantitative estimate of drug-likeness (QED) is 0.768. The van der Waals surface area contributed by atoms with E-state index >= 15 is 0 Å². The van der Waals surface area contributed by atoms with Crippen molar-refractivity contribution in [1.29, 1.82) is 0 Å². The highest BCUT2D eigenvalue weighted by Crippen LogP contribution is 2.13. The van der Waals surface area contributed by atoms with E-state index in [0.717, 1.165) is 22.4 Å². The third-order valence-corrected chi connectivity index (χ3v) is 3.08. The van der Waals surface area contributed by atoms with Crippen molar-refractivity contribution in [1.82, 2.24) is 9.97 Å².